The Labute approximate surface area is 155 Å². The molecule has 3 N–H and O–H groups in total. The van der Waals surface area contributed by atoms with Gasteiger partial charge in [0.2, 0.25) is 11.8 Å². The molecule has 0 saturated heterocycles. The molecule has 0 bridgehead atoms. The van der Waals surface area contributed by atoms with Crippen molar-refractivity contribution in [3.8, 4) is 0 Å². The van der Waals surface area contributed by atoms with Crippen molar-refractivity contribution in [2.75, 3.05) is 0 Å². The molecule has 0 spiro atoms. The molecule has 6 nitrogen and oxygen atoms in total. The smallest absolute Gasteiger partial charge is 0.326 e. The van der Waals surface area contributed by atoms with E-state index in [9.17, 15) is 19.5 Å². The average molecular weight is 362 g/mol. The van der Waals surface area contributed by atoms with Crippen LogP contribution < -0.4 is 10.6 Å². The fourth-order valence-corrected chi connectivity index (χ4v) is 2.69. The predicted molar refractivity (Wildman–Crippen MR) is 101 cm³/mol. The Bertz CT molecular complexity index is 599. The summed E-state index contributed by atoms with van der Waals surface area (Å²) in [6, 6.07) is 7.56. The molecule has 26 heavy (non-hydrogen) atoms. The third kappa shape index (κ3) is 8.14. The van der Waals surface area contributed by atoms with Crippen molar-refractivity contribution in [1.29, 1.82) is 0 Å². The van der Waals surface area contributed by atoms with Gasteiger partial charge >= 0.3 is 5.97 Å². The molecule has 2 amide bonds. The Morgan fingerprint density at radius 2 is 1.42 bits per heavy atom. The van der Waals surface area contributed by atoms with Crippen LogP contribution in [0.1, 0.15) is 46.1 Å². The van der Waals surface area contributed by atoms with E-state index in [0.717, 1.165) is 5.56 Å². The molecule has 0 aliphatic carbocycles. The van der Waals surface area contributed by atoms with Crippen LogP contribution in [0.15, 0.2) is 30.3 Å². The van der Waals surface area contributed by atoms with Gasteiger partial charge in [0, 0.05) is 0 Å². The Kier molecular flexibility index (Phi) is 8.82. The molecule has 6 heteroatoms. The fraction of sp³-hybridized carbons (Fsp3) is 0.550. The average Bonchev–Trinajstić information content (AvgIpc) is 2.53. The molecular weight excluding hydrogens is 332 g/mol. The largest absolute Gasteiger partial charge is 0.480 e. The second-order valence-corrected chi connectivity index (χ2v) is 7.44. The van der Waals surface area contributed by atoms with Gasteiger partial charge in [0.1, 0.15) is 12.1 Å². The number of benzene rings is 1. The summed E-state index contributed by atoms with van der Waals surface area (Å²) in [7, 11) is 0. The lowest BCUT2D eigenvalue weighted by molar-refractivity contribution is -0.142. The molecule has 0 saturated carbocycles. The highest BCUT2D eigenvalue weighted by molar-refractivity contribution is 5.90. The summed E-state index contributed by atoms with van der Waals surface area (Å²) < 4.78 is 0. The topological polar surface area (TPSA) is 95.5 Å². The monoisotopic (exact) mass is 362 g/mol. The molecule has 0 fully saturated rings. The van der Waals surface area contributed by atoms with Gasteiger partial charge < -0.3 is 15.7 Å². The number of amides is 2. The Morgan fingerprint density at radius 3 is 1.92 bits per heavy atom. The number of nitrogens with one attached hydrogen (secondary N) is 2. The van der Waals surface area contributed by atoms with Gasteiger partial charge in [-0.25, -0.2) is 4.79 Å². The van der Waals surface area contributed by atoms with Crippen molar-refractivity contribution in [2.24, 2.45) is 11.8 Å². The molecule has 1 aromatic rings. The van der Waals surface area contributed by atoms with Gasteiger partial charge in [-0.15, -0.1) is 0 Å². The van der Waals surface area contributed by atoms with Crippen LogP contribution in [0.4, 0.5) is 0 Å². The van der Waals surface area contributed by atoms with Crippen LogP contribution in [0.5, 0.6) is 0 Å². The predicted octanol–water partition coefficient (Wildman–Crippen LogP) is 2.38. The van der Waals surface area contributed by atoms with E-state index in [1.54, 1.807) is 0 Å². The lowest BCUT2D eigenvalue weighted by atomic mass is 10.00. The van der Waals surface area contributed by atoms with Crippen LogP contribution in [0, 0.1) is 11.8 Å². The van der Waals surface area contributed by atoms with Gasteiger partial charge in [0.25, 0.3) is 0 Å². The number of aliphatic carboxylic acids is 1. The second-order valence-electron chi connectivity index (χ2n) is 7.44. The number of hydrogen-bond donors (Lipinski definition) is 3. The minimum atomic E-state index is -1.06. The number of carbonyl (C=O) groups excluding carboxylic acids is 2. The highest BCUT2D eigenvalue weighted by Gasteiger charge is 2.27. The van der Waals surface area contributed by atoms with Crippen LogP contribution >= 0.6 is 0 Å². The Balaban J connectivity index is 2.76. The molecule has 1 rings (SSSR count). The van der Waals surface area contributed by atoms with Crippen LogP contribution in [0.3, 0.4) is 0 Å². The first kappa shape index (κ1) is 21.7. The maximum atomic E-state index is 12.6. The highest BCUT2D eigenvalue weighted by Crippen LogP contribution is 2.09. The molecule has 0 heterocycles. The molecule has 0 aromatic heterocycles. The summed E-state index contributed by atoms with van der Waals surface area (Å²) in [5.41, 5.74) is 0.858. The summed E-state index contributed by atoms with van der Waals surface area (Å²) in [6.45, 7) is 7.70. The summed E-state index contributed by atoms with van der Waals surface area (Å²) in [6.07, 6.45) is 0.963. The van der Waals surface area contributed by atoms with E-state index in [1.807, 2.05) is 58.0 Å². The zero-order valence-electron chi connectivity index (χ0n) is 16.0. The SMILES string of the molecule is CC(C)C[C@H](NC(=O)[C@H](CC(C)C)NC(=O)Cc1ccccc1)C(=O)O. The van der Waals surface area contributed by atoms with Crippen LogP contribution in [-0.4, -0.2) is 35.0 Å². The van der Waals surface area contributed by atoms with E-state index in [1.165, 1.54) is 0 Å². The quantitative estimate of drug-likeness (QED) is 0.595. The number of carbonyl (C=O) groups is 3. The minimum Gasteiger partial charge on any atom is -0.480 e. The minimum absolute atomic E-state index is 0.132. The van der Waals surface area contributed by atoms with Crippen LogP contribution in [0.2, 0.25) is 0 Å². The number of carboxylic acid groups (broad SMARTS) is 1. The van der Waals surface area contributed by atoms with Crippen molar-refractivity contribution in [2.45, 2.75) is 59.0 Å². The van der Waals surface area contributed by atoms with E-state index >= 15 is 0 Å². The third-order valence-corrected chi connectivity index (χ3v) is 3.89. The molecule has 0 radical (unpaired) electrons. The molecule has 144 valence electrons. The maximum Gasteiger partial charge on any atom is 0.326 e. The molecule has 1 aromatic carbocycles. The van der Waals surface area contributed by atoms with Gasteiger partial charge in [0.15, 0.2) is 0 Å². The van der Waals surface area contributed by atoms with E-state index in [-0.39, 0.29) is 24.2 Å². The zero-order chi connectivity index (χ0) is 19.7. The lowest BCUT2D eigenvalue weighted by Crippen LogP contribution is -2.52. The van der Waals surface area contributed by atoms with Crippen molar-refractivity contribution in [3.05, 3.63) is 35.9 Å². The molecule has 2 atom stereocenters. The standard InChI is InChI=1S/C20H30N2O4/c1-13(2)10-16(19(24)22-17(20(25)26)11-14(3)4)21-18(23)12-15-8-6-5-7-9-15/h5-9,13-14,16-17H,10-12H2,1-4H3,(H,21,23)(H,22,24)(H,25,26)/t16-,17-/m0/s1. The number of hydrogen-bond acceptors (Lipinski definition) is 3. The van der Waals surface area contributed by atoms with Gasteiger partial charge in [-0.2, -0.15) is 0 Å². The third-order valence-electron chi connectivity index (χ3n) is 3.89. The fourth-order valence-electron chi connectivity index (χ4n) is 2.69. The van der Waals surface area contributed by atoms with Gasteiger partial charge in [-0.1, -0.05) is 58.0 Å². The van der Waals surface area contributed by atoms with Gasteiger partial charge in [-0.3, -0.25) is 9.59 Å². The summed E-state index contributed by atoms with van der Waals surface area (Å²) in [5, 5.41) is 14.6. The molecule has 0 unspecified atom stereocenters. The lowest BCUT2D eigenvalue weighted by Gasteiger charge is -2.23. The van der Waals surface area contributed by atoms with Crippen molar-refractivity contribution in [1.82, 2.24) is 10.6 Å². The zero-order valence-corrected chi connectivity index (χ0v) is 16.0. The van der Waals surface area contributed by atoms with E-state index in [2.05, 4.69) is 10.6 Å². The van der Waals surface area contributed by atoms with Crippen LogP contribution in [-0.2, 0) is 20.8 Å². The first-order valence-corrected chi connectivity index (χ1v) is 9.05. The van der Waals surface area contributed by atoms with Crippen molar-refractivity contribution >= 4 is 17.8 Å². The van der Waals surface area contributed by atoms with Crippen molar-refractivity contribution in [3.63, 3.8) is 0 Å². The molecule has 0 aliphatic rings. The normalized spacial score (nSPS) is 13.3. The Morgan fingerprint density at radius 1 is 0.885 bits per heavy atom. The summed E-state index contributed by atoms with van der Waals surface area (Å²) in [5.74, 6) is -1.46. The van der Waals surface area contributed by atoms with E-state index < -0.39 is 24.0 Å². The summed E-state index contributed by atoms with van der Waals surface area (Å²) in [4.78, 5) is 36.2. The second kappa shape index (κ2) is 10.6. The van der Waals surface area contributed by atoms with Crippen molar-refractivity contribution < 1.29 is 19.5 Å². The maximum absolute atomic E-state index is 12.6. The summed E-state index contributed by atoms with van der Waals surface area (Å²) >= 11 is 0. The number of carboxylic acids is 1. The number of rotatable bonds is 10. The van der Waals surface area contributed by atoms with Gasteiger partial charge in [0.05, 0.1) is 6.42 Å². The highest BCUT2D eigenvalue weighted by atomic mass is 16.4. The molecular formula is C20H30N2O4. The molecule has 0 aliphatic heterocycles. The van der Waals surface area contributed by atoms with Crippen LogP contribution in [0.25, 0.3) is 0 Å². The Hall–Kier alpha value is -2.37. The van der Waals surface area contributed by atoms with E-state index in [0.29, 0.717) is 12.8 Å². The van der Waals surface area contributed by atoms with Gasteiger partial charge in [-0.05, 0) is 30.2 Å². The first-order chi connectivity index (χ1) is 12.2. The van der Waals surface area contributed by atoms with E-state index in [4.69, 9.17) is 0 Å². The first-order valence-electron chi connectivity index (χ1n) is 9.05.